The zero-order valence-corrected chi connectivity index (χ0v) is 9.25. The summed E-state index contributed by atoms with van der Waals surface area (Å²) in [4.78, 5) is 4.43. The van der Waals surface area contributed by atoms with Crippen molar-refractivity contribution in [3.63, 3.8) is 0 Å². The van der Waals surface area contributed by atoms with Gasteiger partial charge in [-0.2, -0.15) is 5.26 Å². The summed E-state index contributed by atoms with van der Waals surface area (Å²) in [6.45, 7) is 4.28. The monoisotopic (exact) mass is 183 g/mol. The third-order valence-corrected chi connectivity index (χ3v) is 2.26. The smallest absolute Gasteiger partial charge is 0.0638 e. The second-order valence-corrected chi connectivity index (χ2v) is 3.85. The maximum absolute atomic E-state index is 8.51. The summed E-state index contributed by atoms with van der Waals surface area (Å²) in [5.41, 5.74) is 0. The predicted molar refractivity (Wildman–Crippen MR) is 55.5 cm³/mol. The average molecular weight is 183 g/mol. The van der Waals surface area contributed by atoms with Gasteiger partial charge in [-0.15, -0.1) is 0 Å². The first-order chi connectivity index (χ1) is 6.07. The van der Waals surface area contributed by atoms with Crippen molar-refractivity contribution in [1.29, 1.82) is 5.26 Å². The van der Waals surface area contributed by atoms with Crippen LogP contribution in [-0.2, 0) is 0 Å². The van der Waals surface area contributed by atoms with E-state index in [4.69, 9.17) is 5.26 Å². The third kappa shape index (κ3) is 6.56. The van der Waals surface area contributed by atoms with E-state index in [-0.39, 0.29) is 0 Å². The highest BCUT2D eigenvalue weighted by Gasteiger charge is 2.07. The maximum Gasteiger partial charge on any atom is 0.0638 e. The van der Waals surface area contributed by atoms with E-state index < -0.39 is 0 Å². The van der Waals surface area contributed by atoms with Crippen LogP contribution >= 0.6 is 0 Å². The molecule has 0 aromatic heterocycles. The van der Waals surface area contributed by atoms with Crippen LogP contribution in [0.4, 0.5) is 0 Å². The average Bonchev–Trinajstić information content (AvgIpc) is 2.04. The highest BCUT2D eigenvalue weighted by Crippen LogP contribution is 2.00. The van der Waals surface area contributed by atoms with Crippen molar-refractivity contribution in [2.45, 2.75) is 25.8 Å². The van der Waals surface area contributed by atoms with Crippen LogP contribution in [-0.4, -0.2) is 50.1 Å². The van der Waals surface area contributed by atoms with Crippen molar-refractivity contribution in [2.24, 2.45) is 0 Å². The zero-order valence-electron chi connectivity index (χ0n) is 9.25. The summed E-state index contributed by atoms with van der Waals surface area (Å²) in [7, 11) is 6.25. The molecule has 13 heavy (non-hydrogen) atoms. The van der Waals surface area contributed by atoms with E-state index in [0.29, 0.717) is 12.5 Å². The van der Waals surface area contributed by atoms with Gasteiger partial charge in [0.1, 0.15) is 0 Å². The number of hydrogen-bond acceptors (Lipinski definition) is 3. The lowest BCUT2D eigenvalue weighted by Crippen LogP contribution is -2.31. The molecule has 1 atom stereocenters. The molecule has 0 saturated carbocycles. The van der Waals surface area contributed by atoms with Gasteiger partial charge in [0, 0.05) is 6.04 Å². The van der Waals surface area contributed by atoms with Gasteiger partial charge in [-0.3, -0.25) is 0 Å². The molecule has 0 spiro atoms. The molecule has 0 aliphatic heterocycles. The van der Waals surface area contributed by atoms with E-state index in [1.165, 1.54) is 6.42 Å². The summed E-state index contributed by atoms with van der Waals surface area (Å²) in [6.07, 6.45) is 1.79. The fourth-order valence-electron chi connectivity index (χ4n) is 1.14. The number of hydrogen-bond donors (Lipinski definition) is 0. The Balaban J connectivity index is 3.50. The second-order valence-electron chi connectivity index (χ2n) is 3.85. The highest BCUT2D eigenvalue weighted by atomic mass is 15.1. The Bertz CT molecular complexity index is 160. The molecule has 0 aromatic carbocycles. The van der Waals surface area contributed by atoms with E-state index in [9.17, 15) is 0 Å². The Morgan fingerprint density at radius 3 is 2.31 bits per heavy atom. The summed E-state index contributed by atoms with van der Waals surface area (Å²) >= 11 is 0. The van der Waals surface area contributed by atoms with Gasteiger partial charge in [0.05, 0.1) is 12.5 Å². The normalized spacial score (nSPS) is 13.3. The standard InChI is InChI=1S/C10H21N3/c1-10(6-7-11)13(4)9-5-8-12(2)3/h10H,5-6,8-9H2,1-4H3. The Morgan fingerprint density at radius 1 is 1.23 bits per heavy atom. The minimum absolute atomic E-state index is 0.382. The van der Waals surface area contributed by atoms with Crippen LogP contribution in [0.2, 0.25) is 0 Å². The van der Waals surface area contributed by atoms with Crippen molar-refractivity contribution in [3.05, 3.63) is 0 Å². The summed E-state index contributed by atoms with van der Waals surface area (Å²) in [5, 5.41) is 8.51. The van der Waals surface area contributed by atoms with E-state index in [1.807, 2.05) is 0 Å². The van der Waals surface area contributed by atoms with Gasteiger partial charge < -0.3 is 9.80 Å². The molecule has 3 heteroatoms. The largest absolute Gasteiger partial charge is 0.309 e. The minimum Gasteiger partial charge on any atom is -0.309 e. The highest BCUT2D eigenvalue weighted by molar-refractivity contribution is 4.78. The lowest BCUT2D eigenvalue weighted by Gasteiger charge is -2.23. The first-order valence-corrected chi connectivity index (χ1v) is 4.80. The topological polar surface area (TPSA) is 30.3 Å². The van der Waals surface area contributed by atoms with Gasteiger partial charge in [-0.25, -0.2) is 0 Å². The van der Waals surface area contributed by atoms with Crippen molar-refractivity contribution in [3.8, 4) is 6.07 Å². The molecule has 0 aromatic rings. The number of nitrogens with zero attached hydrogens (tertiary/aromatic N) is 3. The Hall–Kier alpha value is -0.590. The number of nitriles is 1. The first kappa shape index (κ1) is 12.4. The maximum atomic E-state index is 8.51. The molecule has 0 aliphatic carbocycles. The fourth-order valence-corrected chi connectivity index (χ4v) is 1.14. The van der Waals surface area contributed by atoms with Crippen LogP contribution < -0.4 is 0 Å². The molecule has 1 unspecified atom stereocenters. The molecule has 0 fully saturated rings. The van der Waals surface area contributed by atoms with Crippen molar-refractivity contribution >= 4 is 0 Å². The summed E-state index contributed by atoms with van der Waals surface area (Å²) < 4.78 is 0. The van der Waals surface area contributed by atoms with Crippen LogP contribution in [0.15, 0.2) is 0 Å². The quantitative estimate of drug-likeness (QED) is 0.619. The Kier molecular flexibility index (Phi) is 6.56. The van der Waals surface area contributed by atoms with Crippen LogP contribution in [0.3, 0.4) is 0 Å². The van der Waals surface area contributed by atoms with Gasteiger partial charge >= 0.3 is 0 Å². The SMILES string of the molecule is CC(CC#N)N(C)CCCN(C)C. The molecule has 0 amide bonds. The van der Waals surface area contributed by atoms with Gasteiger partial charge in [0.15, 0.2) is 0 Å². The molecule has 0 heterocycles. The van der Waals surface area contributed by atoms with E-state index >= 15 is 0 Å². The van der Waals surface area contributed by atoms with E-state index in [2.05, 4.69) is 43.9 Å². The molecule has 3 nitrogen and oxygen atoms in total. The summed E-state index contributed by atoms with van der Waals surface area (Å²) in [5.74, 6) is 0. The van der Waals surface area contributed by atoms with Gasteiger partial charge in [0.2, 0.25) is 0 Å². The molecule has 0 aliphatic rings. The Morgan fingerprint density at radius 2 is 1.85 bits per heavy atom. The van der Waals surface area contributed by atoms with Gasteiger partial charge in [0.25, 0.3) is 0 Å². The van der Waals surface area contributed by atoms with Crippen LogP contribution in [0.5, 0.6) is 0 Å². The fraction of sp³-hybridized carbons (Fsp3) is 0.900. The molecular formula is C10H21N3. The molecule has 76 valence electrons. The predicted octanol–water partition coefficient (Wildman–Crippen LogP) is 1.17. The Labute approximate surface area is 81.9 Å². The first-order valence-electron chi connectivity index (χ1n) is 4.80. The minimum atomic E-state index is 0.382. The molecule has 0 saturated heterocycles. The second kappa shape index (κ2) is 6.88. The molecule has 0 rings (SSSR count). The third-order valence-electron chi connectivity index (χ3n) is 2.26. The van der Waals surface area contributed by atoms with Crippen molar-refractivity contribution in [1.82, 2.24) is 9.80 Å². The molecule has 0 radical (unpaired) electrons. The summed E-state index contributed by atoms with van der Waals surface area (Å²) in [6, 6.07) is 2.58. The lowest BCUT2D eigenvalue weighted by molar-refractivity contribution is 0.244. The van der Waals surface area contributed by atoms with Crippen molar-refractivity contribution in [2.75, 3.05) is 34.2 Å². The molecule has 0 N–H and O–H groups in total. The van der Waals surface area contributed by atoms with Crippen LogP contribution in [0.1, 0.15) is 19.8 Å². The molecule has 0 bridgehead atoms. The van der Waals surface area contributed by atoms with E-state index in [0.717, 1.165) is 13.1 Å². The van der Waals surface area contributed by atoms with Crippen LogP contribution in [0.25, 0.3) is 0 Å². The number of rotatable bonds is 6. The van der Waals surface area contributed by atoms with Gasteiger partial charge in [-0.05, 0) is 47.6 Å². The van der Waals surface area contributed by atoms with Gasteiger partial charge in [-0.1, -0.05) is 0 Å². The van der Waals surface area contributed by atoms with E-state index in [1.54, 1.807) is 0 Å². The lowest BCUT2D eigenvalue weighted by atomic mass is 10.2. The van der Waals surface area contributed by atoms with Crippen LogP contribution in [0, 0.1) is 11.3 Å². The molecular weight excluding hydrogens is 162 g/mol. The zero-order chi connectivity index (χ0) is 10.3. The van der Waals surface area contributed by atoms with Crippen molar-refractivity contribution < 1.29 is 0 Å².